The molecule has 1 aliphatic heterocycles. The van der Waals surface area contributed by atoms with E-state index in [2.05, 4.69) is 5.32 Å². The van der Waals surface area contributed by atoms with Crippen molar-refractivity contribution < 1.29 is 14.7 Å². The van der Waals surface area contributed by atoms with E-state index in [1.165, 1.54) is 12.8 Å². The summed E-state index contributed by atoms with van der Waals surface area (Å²) in [6.07, 6.45) is 3.62. The minimum absolute atomic E-state index is 0.0994. The van der Waals surface area contributed by atoms with Gasteiger partial charge < -0.3 is 16.2 Å². The summed E-state index contributed by atoms with van der Waals surface area (Å²) >= 11 is 0. The lowest BCUT2D eigenvalue weighted by atomic mass is 9.91. The molecule has 4 N–H and O–H groups in total. The normalized spacial score (nSPS) is 28.2. The standard InChI is InChI=1S/C13H23N3O3/c14-12(17)8-16-6-10(4-13(18)19)3-11(7-16)15-5-9-1-2-9/h9-11,15H,1-8H2,(H2,14,17)(H,18,19). The predicted octanol–water partition coefficient (Wildman–Crippen LogP) is -0.363. The highest BCUT2D eigenvalue weighted by molar-refractivity contribution is 5.76. The van der Waals surface area contributed by atoms with E-state index in [0.717, 1.165) is 25.4 Å². The molecule has 2 rings (SSSR count). The van der Waals surface area contributed by atoms with Crippen molar-refractivity contribution in [2.45, 2.75) is 31.7 Å². The van der Waals surface area contributed by atoms with Crippen molar-refractivity contribution in [1.29, 1.82) is 0 Å². The molecule has 1 amide bonds. The highest BCUT2D eigenvalue weighted by Crippen LogP contribution is 2.28. The van der Waals surface area contributed by atoms with Crippen LogP contribution in [-0.4, -0.2) is 54.1 Å². The molecule has 108 valence electrons. The Kier molecular flexibility index (Phi) is 4.76. The average Bonchev–Trinajstić information content (AvgIpc) is 3.07. The van der Waals surface area contributed by atoms with Gasteiger partial charge in [0.15, 0.2) is 0 Å². The van der Waals surface area contributed by atoms with E-state index >= 15 is 0 Å². The number of likely N-dealkylation sites (tertiary alicyclic amines) is 1. The summed E-state index contributed by atoms with van der Waals surface area (Å²) in [5, 5.41) is 12.4. The van der Waals surface area contributed by atoms with E-state index in [9.17, 15) is 9.59 Å². The number of nitrogens with two attached hydrogens (primary N) is 1. The van der Waals surface area contributed by atoms with Crippen molar-refractivity contribution in [3.63, 3.8) is 0 Å². The molecule has 2 atom stereocenters. The Bertz CT molecular complexity index is 320. The number of primary amides is 1. The molecule has 2 aliphatic rings. The summed E-state index contributed by atoms with van der Waals surface area (Å²) in [5.74, 6) is -0.226. The van der Waals surface area contributed by atoms with Crippen molar-refractivity contribution in [3.8, 4) is 0 Å². The molecule has 0 aromatic heterocycles. The maximum absolute atomic E-state index is 11.0. The number of piperidine rings is 1. The maximum atomic E-state index is 11.0. The van der Waals surface area contributed by atoms with E-state index < -0.39 is 5.97 Å². The molecule has 0 spiro atoms. The Morgan fingerprint density at radius 3 is 2.58 bits per heavy atom. The Labute approximate surface area is 113 Å². The van der Waals surface area contributed by atoms with Crippen LogP contribution in [0.4, 0.5) is 0 Å². The zero-order valence-corrected chi connectivity index (χ0v) is 11.2. The third-order valence-electron chi connectivity index (χ3n) is 3.85. The smallest absolute Gasteiger partial charge is 0.303 e. The molecule has 0 radical (unpaired) electrons. The van der Waals surface area contributed by atoms with Gasteiger partial charge in [-0.25, -0.2) is 0 Å². The fourth-order valence-electron chi connectivity index (χ4n) is 2.85. The number of carbonyl (C=O) groups is 2. The van der Waals surface area contributed by atoms with Crippen molar-refractivity contribution in [2.75, 3.05) is 26.2 Å². The fraction of sp³-hybridized carbons (Fsp3) is 0.846. The molecule has 2 fully saturated rings. The molecule has 1 saturated carbocycles. The van der Waals surface area contributed by atoms with Crippen molar-refractivity contribution >= 4 is 11.9 Å². The monoisotopic (exact) mass is 269 g/mol. The second kappa shape index (κ2) is 6.34. The summed E-state index contributed by atoms with van der Waals surface area (Å²) in [6, 6.07) is 0.276. The van der Waals surface area contributed by atoms with Crippen LogP contribution < -0.4 is 11.1 Å². The van der Waals surface area contributed by atoms with Gasteiger partial charge in [-0.05, 0) is 37.6 Å². The van der Waals surface area contributed by atoms with E-state index in [1.54, 1.807) is 0 Å². The number of carboxylic acids is 1. The quantitative estimate of drug-likeness (QED) is 0.586. The number of carbonyl (C=O) groups excluding carboxylic acids is 1. The molecule has 2 unspecified atom stereocenters. The van der Waals surface area contributed by atoms with Crippen molar-refractivity contribution in [3.05, 3.63) is 0 Å². The topological polar surface area (TPSA) is 95.7 Å². The minimum Gasteiger partial charge on any atom is -0.481 e. The minimum atomic E-state index is -0.771. The lowest BCUT2D eigenvalue weighted by molar-refractivity contribution is -0.138. The lowest BCUT2D eigenvalue weighted by Crippen LogP contribution is -2.51. The van der Waals surface area contributed by atoms with Gasteiger partial charge in [0.05, 0.1) is 6.54 Å². The molecular weight excluding hydrogens is 246 g/mol. The van der Waals surface area contributed by atoms with Crippen LogP contribution in [0.3, 0.4) is 0 Å². The number of carboxylic acid groups (broad SMARTS) is 1. The summed E-state index contributed by atoms with van der Waals surface area (Å²) in [4.78, 5) is 23.8. The van der Waals surface area contributed by atoms with Gasteiger partial charge in [-0.3, -0.25) is 14.5 Å². The van der Waals surface area contributed by atoms with Crippen molar-refractivity contribution in [2.24, 2.45) is 17.6 Å². The molecule has 6 heteroatoms. The van der Waals surface area contributed by atoms with E-state index in [1.807, 2.05) is 4.90 Å². The first kappa shape index (κ1) is 14.3. The summed E-state index contributed by atoms with van der Waals surface area (Å²) in [6.45, 7) is 2.66. The number of aliphatic carboxylic acids is 1. The number of nitrogens with one attached hydrogen (secondary N) is 1. The first-order chi connectivity index (χ1) is 9.02. The Balaban J connectivity index is 1.85. The molecule has 0 aromatic carbocycles. The highest BCUT2D eigenvalue weighted by Gasteiger charge is 2.30. The zero-order chi connectivity index (χ0) is 13.8. The molecule has 1 saturated heterocycles. The maximum Gasteiger partial charge on any atom is 0.303 e. The molecule has 0 bridgehead atoms. The van der Waals surface area contributed by atoms with Crippen LogP contribution in [0.5, 0.6) is 0 Å². The average molecular weight is 269 g/mol. The highest BCUT2D eigenvalue weighted by atomic mass is 16.4. The number of hydrogen-bond donors (Lipinski definition) is 3. The molecule has 1 heterocycles. The Hall–Kier alpha value is -1.14. The summed E-state index contributed by atoms with van der Waals surface area (Å²) in [5.41, 5.74) is 5.23. The van der Waals surface area contributed by atoms with E-state index in [4.69, 9.17) is 10.8 Å². The van der Waals surface area contributed by atoms with Crippen LogP contribution in [-0.2, 0) is 9.59 Å². The predicted molar refractivity (Wildman–Crippen MR) is 70.5 cm³/mol. The van der Waals surface area contributed by atoms with Crippen molar-refractivity contribution in [1.82, 2.24) is 10.2 Å². The molecular formula is C13H23N3O3. The Morgan fingerprint density at radius 2 is 2.00 bits per heavy atom. The van der Waals surface area contributed by atoms with E-state index in [-0.39, 0.29) is 30.8 Å². The zero-order valence-electron chi connectivity index (χ0n) is 11.2. The fourth-order valence-corrected chi connectivity index (χ4v) is 2.85. The van der Waals surface area contributed by atoms with Crippen LogP contribution in [0.2, 0.25) is 0 Å². The number of amides is 1. The molecule has 6 nitrogen and oxygen atoms in total. The number of rotatable bonds is 7. The largest absolute Gasteiger partial charge is 0.481 e. The number of hydrogen-bond acceptors (Lipinski definition) is 4. The van der Waals surface area contributed by atoms with Crippen LogP contribution in [0.15, 0.2) is 0 Å². The van der Waals surface area contributed by atoms with Crippen LogP contribution in [0.25, 0.3) is 0 Å². The lowest BCUT2D eigenvalue weighted by Gasteiger charge is -2.37. The first-order valence-electron chi connectivity index (χ1n) is 6.98. The van der Waals surface area contributed by atoms with E-state index in [0.29, 0.717) is 6.54 Å². The van der Waals surface area contributed by atoms with Crippen LogP contribution >= 0.6 is 0 Å². The Morgan fingerprint density at radius 1 is 1.26 bits per heavy atom. The van der Waals surface area contributed by atoms with Crippen LogP contribution in [0, 0.1) is 11.8 Å². The summed E-state index contributed by atoms with van der Waals surface area (Å²) in [7, 11) is 0. The first-order valence-corrected chi connectivity index (χ1v) is 6.98. The summed E-state index contributed by atoms with van der Waals surface area (Å²) < 4.78 is 0. The van der Waals surface area contributed by atoms with Gasteiger partial charge in [0.1, 0.15) is 0 Å². The third-order valence-corrected chi connectivity index (χ3v) is 3.85. The third kappa shape index (κ3) is 5.16. The van der Waals surface area contributed by atoms with Gasteiger partial charge in [0.25, 0.3) is 0 Å². The SMILES string of the molecule is NC(=O)CN1CC(CC(=O)O)CC(NCC2CC2)C1. The van der Waals surface area contributed by atoms with Crippen LogP contribution in [0.1, 0.15) is 25.7 Å². The van der Waals surface area contributed by atoms with Gasteiger partial charge in [-0.2, -0.15) is 0 Å². The van der Waals surface area contributed by atoms with Gasteiger partial charge in [-0.15, -0.1) is 0 Å². The van der Waals surface area contributed by atoms with Gasteiger partial charge in [0, 0.05) is 25.6 Å². The number of nitrogens with zero attached hydrogens (tertiary/aromatic N) is 1. The second-order valence-corrected chi connectivity index (χ2v) is 5.91. The van der Waals surface area contributed by atoms with Gasteiger partial charge in [-0.1, -0.05) is 0 Å². The van der Waals surface area contributed by atoms with Gasteiger partial charge in [0.2, 0.25) is 5.91 Å². The van der Waals surface area contributed by atoms with Gasteiger partial charge >= 0.3 is 5.97 Å². The molecule has 1 aliphatic carbocycles. The molecule has 19 heavy (non-hydrogen) atoms. The molecule has 0 aromatic rings. The second-order valence-electron chi connectivity index (χ2n) is 5.91.